The Morgan fingerprint density at radius 1 is 1.15 bits per heavy atom. The molecular weight excluding hydrogens is 297 g/mol. The summed E-state index contributed by atoms with van der Waals surface area (Å²) in [5.74, 6) is 0. The van der Waals surface area contributed by atoms with Crippen molar-refractivity contribution < 1.29 is 4.79 Å². The van der Waals surface area contributed by atoms with Gasteiger partial charge in [-0.25, -0.2) is 0 Å². The maximum atomic E-state index is 12.2. The first-order valence-corrected chi connectivity index (χ1v) is 6.88. The molecule has 0 bridgehead atoms. The van der Waals surface area contributed by atoms with Crippen LogP contribution in [0.5, 0.6) is 0 Å². The Hall–Kier alpha value is -1.58. The molecule has 20 heavy (non-hydrogen) atoms. The van der Waals surface area contributed by atoms with Gasteiger partial charge < -0.3 is 4.57 Å². The van der Waals surface area contributed by atoms with Crippen LogP contribution in [0.25, 0.3) is 11.3 Å². The van der Waals surface area contributed by atoms with Crippen LogP contribution in [0.1, 0.15) is 12.0 Å². The normalized spacial score (nSPS) is 10.6. The predicted molar refractivity (Wildman–Crippen MR) is 81.3 cm³/mol. The summed E-state index contributed by atoms with van der Waals surface area (Å²) in [6.07, 6.45) is 0.521. The quantitative estimate of drug-likeness (QED) is 0.812. The maximum Gasteiger partial charge on any atom is 0.253 e. The zero-order valence-electron chi connectivity index (χ0n) is 10.9. The molecule has 0 atom stereocenters. The summed E-state index contributed by atoms with van der Waals surface area (Å²) in [5.41, 5.74) is 2.18. The average molecular weight is 310 g/mol. The molecule has 1 heterocycles. The van der Waals surface area contributed by atoms with E-state index in [1.165, 1.54) is 0 Å². The van der Waals surface area contributed by atoms with E-state index in [4.69, 9.17) is 23.2 Å². The van der Waals surface area contributed by atoms with Crippen LogP contribution in [-0.4, -0.2) is 9.81 Å². The molecule has 2 rings (SSSR count). The number of rotatable bonds is 4. The predicted octanol–water partition coefficient (Wildman–Crippen LogP) is 3.40. The molecule has 0 N–H and O–H groups in total. The van der Waals surface area contributed by atoms with E-state index in [0.29, 0.717) is 17.0 Å². The molecule has 0 saturated carbocycles. The minimum atomic E-state index is -0.436. The summed E-state index contributed by atoms with van der Waals surface area (Å²) >= 11 is 11.2. The maximum absolute atomic E-state index is 12.2. The Bertz CT molecular complexity index is 690. The Kier molecular flexibility index (Phi) is 4.63. The molecule has 104 valence electrons. The Labute approximate surface area is 126 Å². The van der Waals surface area contributed by atoms with Crippen LogP contribution in [0.15, 0.2) is 41.2 Å². The first-order chi connectivity index (χ1) is 9.49. The fraction of sp³-hybridized carbons (Fsp3) is 0.200. The van der Waals surface area contributed by atoms with E-state index in [1.54, 1.807) is 29.8 Å². The second kappa shape index (κ2) is 6.25. The number of nitrogens with zero attached hydrogens (tertiary/aromatic N) is 1. The molecule has 0 radical (unpaired) electrons. The second-order valence-electron chi connectivity index (χ2n) is 4.47. The third kappa shape index (κ3) is 3.30. The van der Waals surface area contributed by atoms with Gasteiger partial charge in [-0.3, -0.25) is 9.59 Å². The summed E-state index contributed by atoms with van der Waals surface area (Å²) in [5, 5.41) is 0.213. The highest BCUT2D eigenvalue weighted by atomic mass is 35.5. The highest BCUT2D eigenvalue weighted by Crippen LogP contribution is 2.20. The molecule has 1 aromatic carbocycles. The first-order valence-electron chi connectivity index (χ1n) is 6.12. The van der Waals surface area contributed by atoms with Crippen molar-refractivity contribution in [2.24, 2.45) is 7.05 Å². The van der Waals surface area contributed by atoms with E-state index in [0.717, 1.165) is 11.3 Å². The lowest BCUT2D eigenvalue weighted by Gasteiger charge is -2.10. The minimum absolute atomic E-state index is 0.115. The van der Waals surface area contributed by atoms with Crippen molar-refractivity contribution in [3.63, 3.8) is 0 Å². The SMILES string of the molecule is Cn1c(-c2ccc(Cl)cc2)ccc(CCC(=O)Cl)c1=O. The van der Waals surface area contributed by atoms with Crippen LogP contribution < -0.4 is 5.56 Å². The molecule has 0 amide bonds. The van der Waals surface area contributed by atoms with Crippen LogP contribution >= 0.6 is 23.2 Å². The van der Waals surface area contributed by atoms with E-state index in [2.05, 4.69) is 0 Å². The zero-order valence-corrected chi connectivity index (χ0v) is 12.4. The van der Waals surface area contributed by atoms with Gasteiger partial charge in [0.15, 0.2) is 0 Å². The molecule has 0 saturated heterocycles. The molecule has 0 aliphatic carbocycles. The Morgan fingerprint density at radius 2 is 1.80 bits per heavy atom. The summed E-state index contributed by atoms with van der Waals surface area (Å²) in [4.78, 5) is 23.0. The van der Waals surface area contributed by atoms with Crippen molar-refractivity contribution >= 4 is 28.4 Å². The van der Waals surface area contributed by atoms with E-state index in [9.17, 15) is 9.59 Å². The van der Waals surface area contributed by atoms with E-state index in [-0.39, 0.29) is 12.0 Å². The summed E-state index contributed by atoms with van der Waals surface area (Å²) < 4.78 is 1.57. The molecule has 0 spiro atoms. The fourth-order valence-corrected chi connectivity index (χ4v) is 2.24. The molecule has 0 aliphatic heterocycles. The van der Waals surface area contributed by atoms with Crippen molar-refractivity contribution in [1.82, 2.24) is 4.57 Å². The van der Waals surface area contributed by atoms with Crippen molar-refractivity contribution in [2.45, 2.75) is 12.8 Å². The topological polar surface area (TPSA) is 39.1 Å². The van der Waals surface area contributed by atoms with Crippen LogP contribution in [-0.2, 0) is 18.3 Å². The smallest absolute Gasteiger partial charge is 0.253 e. The van der Waals surface area contributed by atoms with Gasteiger partial charge in [-0.1, -0.05) is 29.8 Å². The van der Waals surface area contributed by atoms with Crippen molar-refractivity contribution in [3.8, 4) is 11.3 Å². The molecular formula is C15H13Cl2NO2. The van der Waals surface area contributed by atoms with Crippen molar-refractivity contribution in [3.05, 3.63) is 57.3 Å². The number of pyridine rings is 1. The third-order valence-corrected chi connectivity index (χ3v) is 3.55. The minimum Gasteiger partial charge on any atom is -0.311 e. The number of halogens is 2. The third-order valence-electron chi connectivity index (χ3n) is 3.11. The number of aromatic nitrogens is 1. The van der Waals surface area contributed by atoms with Gasteiger partial charge in [0.1, 0.15) is 0 Å². The number of carbonyl (C=O) groups is 1. The Morgan fingerprint density at radius 3 is 2.40 bits per heavy atom. The largest absolute Gasteiger partial charge is 0.311 e. The lowest BCUT2D eigenvalue weighted by molar-refractivity contribution is -0.111. The number of benzene rings is 1. The summed E-state index contributed by atoms with van der Waals surface area (Å²) in [6.45, 7) is 0. The van der Waals surface area contributed by atoms with Gasteiger partial charge in [0.2, 0.25) is 5.24 Å². The monoisotopic (exact) mass is 309 g/mol. The highest BCUT2D eigenvalue weighted by molar-refractivity contribution is 6.63. The van der Waals surface area contributed by atoms with Gasteiger partial charge in [0, 0.05) is 24.1 Å². The highest BCUT2D eigenvalue weighted by Gasteiger charge is 2.08. The molecule has 5 heteroatoms. The first kappa shape index (κ1) is 14.8. The van der Waals surface area contributed by atoms with Gasteiger partial charge in [0.05, 0.1) is 5.69 Å². The summed E-state index contributed by atoms with van der Waals surface area (Å²) in [6, 6.07) is 10.9. The lowest BCUT2D eigenvalue weighted by Crippen LogP contribution is -2.22. The Balaban J connectivity index is 2.38. The van der Waals surface area contributed by atoms with E-state index >= 15 is 0 Å². The van der Waals surface area contributed by atoms with Crippen LogP contribution in [0.3, 0.4) is 0 Å². The van der Waals surface area contributed by atoms with Gasteiger partial charge in [-0.2, -0.15) is 0 Å². The standard InChI is InChI=1S/C15H13Cl2NO2/c1-18-13(10-2-6-12(16)7-3-10)8-4-11(15(18)20)5-9-14(17)19/h2-4,6-8H,5,9H2,1H3. The van der Waals surface area contributed by atoms with Gasteiger partial charge in [-0.05, 0) is 41.8 Å². The van der Waals surface area contributed by atoms with E-state index < -0.39 is 5.24 Å². The molecule has 0 unspecified atom stereocenters. The lowest BCUT2D eigenvalue weighted by atomic mass is 10.1. The number of hydrogen-bond acceptors (Lipinski definition) is 2. The molecule has 3 nitrogen and oxygen atoms in total. The number of hydrogen-bond donors (Lipinski definition) is 0. The molecule has 0 aliphatic rings. The molecule has 0 fully saturated rings. The number of carbonyl (C=O) groups excluding carboxylic acids is 1. The van der Waals surface area contributed by atoms with Gasteiger partial charge in [-0.15, -0.1) is 0 Å². The summed E-state index contributed by atoms with van der Waals surface area (Å²) in [7, 11) is 1.71. The number of aryl methyl sites for hydroxylation is 1. The average Bonchev–Trinajstić information content (AvgIpc) is 2.42. The van der Waals surface area contributed by atoms with Gasteiger partial charge >= 0.3 is 0 Å². The zero-order chi connectivity index (χ0) is 14.7. The van der Waals surface area contributed by atoms with Crippen molar-refractivity contribution in [2.75, 3.05) is 0 Å². The van der Waals surface area contributed by atoms with Gasteiger partial charge in [0.25, 0.3) is 5.56 Å². The van der Waals surface area contributed by atoms with E-state index in [1.807, 2.05) is 18.2 Å². The fourth-order valence-electron chi connectivity index (χ4n) is 2.02. The van der Waals surface area contributed by atoms with Crippen LogP contribution in [0.4, 0.5) is 0 Å². The molecule has 1 aromatic heterocycles. The second-order valence-corrected chi connectivity index (χ2v) is 5.33. The molecule has 2 aromatic rings. The van der Waals surface area contributed by atoms with Crippen molar-refractivity contribution in [1.29, 1.82) is 0 Å². The van der Waals surface area contributed by atoms with Crippen LogP contribution in [0, 0.1) is 0 Å². The van der Waals surface area contributed by atoms with Crippen LogP contribution in [0.2, 0.25) is 5.02 Å².